The molecule has 0 aromatic heterocycles. The maximum atomic E-state index is 11.8. The van der Waals surface area contributed by atoms with Gasteiger partial charge in [0, 0.05) is 23.3 Å². The monoisotopic (exact) mass is 315 g/mol. The van der Waals surface area contributed by atoms with Crippen molar-refractivity contribution in [3.05, 3.63) is 76.8 Å². The number of rotatable bonds is 6. The number of carbonyl (C=O) groups excluding carboxylic acids is 1. The maximum Gasteiger partial charge on any atom is 0.332 e. The molecule has 3 nitrogen and oxygen atoms in total. The molecule has 0 aliphatic heterocycles. The second-order valence-electron chi connectivity index (χ2n) is 4.66. The number of nitrogens with one attached hydrogen (secondary N) is 1. The van der Waals surface area contributed by atoms with Gasteiger partial charge in [-0.2, -0.15) is 0 Å². The van der Waals surface area contributed by atoms with Crippen LogP contribution in [0.25, 0.3) is 5.70 Å². The average Bonchev–Trinajstić information content (AvgIpc) is 2.52. The molecule has 0 saturated carbocycles. The van der Waals surface area contributed by atoms with E-state index in [-0.39, 0.29) is 5.97 Å². The van der Waals surface area contributed by atoms with E-state index in [0.29, 0.717) is 23.9 Å². The zero-order chi connectivity index (χ0) is 15.8. The first-order chi connectivity index (χ1) is 10.7. The third kappa shape index (κ3) is 4.93. The molecule has 0 unspecified atom stereocenters. The van der Waals surface area contributed by atoms with Crippen LogP contribution in [-0.2, 0) is 16.1 Å². The minimum atomic E-state index is -0.377. The lowest BCUT2D eigenvalue weighted by Crippen LogP contribution is -2.14. The predicted octanol–water partition coefficient (Wildman–Crippen LogP) is 4.03. The van der Waals surface area contributed by atoms with E-state index in [1.54, 1.807) is 13.0 Å². The zero-order valence-corrected chi connectivity index (χ0v) is 13.1. The van der Waals surface area contributed by atoms with Gasteiger partial charge in [0.15, 0.2) is 0 Å². The molecule has 0 amide bonds. The lowest BCUT2D eigenvalue weighted by atomic mass is 10.1. The van der Waals surface area contributed by atoms with Crippen LogP contribution in [0.1, 0.15) is 18.1 Å². The summed E-state index contributed by atoms with van der Waals surface area (Å²) in [6, 6.07) is 17.3. The normalized spacial score (nSPS) is 11.1. The van der Waals surface area contributed by atoms with Gasteiger partial charge >= 0.3 is 5.97 Å². The van der Waals surface area contributed by atoms with Crippen LogP contribution in [0.15, 0.2) is 60.7 Å². The van der Waals surface area contributed by atoms with Crippen molar-refractivity contribution in [2.24, 2.45) is 0 Å². The van der Waals surface area contributed by atoms with Gasteiger partial charge in [-0.3, -0.25) is 0 Å². The van der Waals surface area contributed by atoms with Crippen molar-refractivity contribution in [2.45, 2.75) is 13.5 Å². The van der Waals surface area contributed by atoms with Crippen LogP contribution in [0.4, 0.5) is 0 Å². The molecule has 114 valence electrons. The third-order valence-corrected chi connectivity index (χ3v) is 3.25. The number of benzene rings is 2. The zero-order valence-electron chi connectivity index (χ0n) is 12.4. The molecule has 0 saturated heterocycles. The standard InChI is InChI=1S/C18H18ClNO2/c1-2-22-18(21)12-17(15-9-6-10-16(19)11-15)20-13-14-7-4-3-5-8-14/h3-12,20H,2,13H2,1H3/b17-12-. The number of carbonyl (C=O) groups is 1. The molecule has 0 aliphatic rings. The Morgan fingerprint density at radius 2 is 1.95 bits per heavy atom. The Balaban J connectivity index is 2.20. The molecular formula is C18H18ClNO2. The number of hydrogen-bond acceptors (Lipinski definition) is 3. The molecule has 0 aliphatic carbocycles. The molecule has 2 aromatic carbocycles. The van der Waals surface area contributed by atoms with Crippen molar-refractivity contribution in [2.75, 3.05) is 6.61 Å². The Morgan fingerprint density at radius 3 is 2.64 bits per heavy atom. The molecule has 0 heterocycles. The molecule has 0 radical (unpaired) electrons. The lowest BCUT2D eigenvalue weighted by Gasteiger charge is -2.12. The first-order valence-electron chi connectivity index (χ1n) is 7.11. The fraction of sp³-hybridized carbons (Fsp3) is 0.167. The van der Waals surface area contributed by atoms with Crippen LogP contribution < -0.4 is 5.32 Å². The molecule has 0 spiro atoms. The molecule has 0 bridgehead atoms. The quantitative estimate of drug-likeness (QED) is 0.646. The summed E-state index contributed by atoms with van der Waals surface area (Å²) in [5.41, 5.74) is 2.65. The van der Waals surface area contributed by atoms with E-state index in [1.807, 2.05) is 48.5 Å². The van der Waals surface area contributed by atoms with E-state index in [1.165, 1.54) is 6.08 Å². The van der Waals surface area contributed by atoms with Gasteiger partial charge < -0.3 is 10.1 Å². The summed E-state index contributed by atoms with van der Waals surface area (Å²) in [5.74, 6) is -0.377. The van der Waals surface area contributed by atoms with Gasteiger partial charge in [0.25, 0.3) is 0 Å². The van der Waals surface area contributed by atoms with Gasteiger partial charge in [0.1, 0.15) is 0 Å². The molecule has 4 heteroatoms. The molecule has 0 atom stereocenters. The molecule has 2 aromatic rings. The highest BCUT2D eigenvalue weighted by Crippen LogP contribution is 2.17. The summed E-state index contributed by atoms with van der Waals surface area (Å²) in [4.78, 5) is 11.8. The van der Waals surface area contributed by atoms with Crippen molar-refractivity contribution in [3.8, 4) is 0 Å². The Labute approximate surface area is 135 Å². The van der Waals surface area contributed by atoms with Gasteiger partial charge in [0.2, 0.25) is 0 Å². The van der Waals surface area contributed by atoms with E-state index in [9.17, 15) is 4.79 Å². The highest BCUT2D eigenvalue weighted by Gasteiger charge is 2.06. The molecular weight excluding hydrogens is 298 g/mol. The first-order valence-corrected chi connectivity index (χ1v) is 7.49. The average molecular weight is 316 g/mol. The summed E-state index contributed by atoms with van der Waals surface area (Å²) in [7, 11) is 0. The molecule has 0 fully saturated rings. The van der Waals surface area contributed by atoms with Crippen LogP contribution in [0.5, 0.6) is 0 Å². The largest absolute Gasteiger partial charge is 0.463 e. The van der Waals surface area contributed by atoms with E-state index in [0.717, 1.165) is 11.1 Å². The van der Waals surface area contributed by atoms with E-state index in [4.69, 9.17) is 16.3 Å². The minimum Gasteiger partial charge on any atom is -0.463 e. The highest BCUT2D eigenvalue weighted by atomic mass is 35.5. The summed E-state index contributed by atoms with van der Waals surface area (Å²) in [6.07, 6.45) is 1.46. The molecule has 1 N–H and O–H groups in total. The number of hydrogen-bond donors (Lipinski definition) is 1. The van der Waals surface area contributed by atoms with Crippen molar-refractivity contribution in [1.82, 2.24) is 5.32 Å². The smallest absolute Gasteiger partial charge is 0.332 e. The lowest BCUT2D eigenvalue weighted by molar-refractivity contribution is -0.137. The van der Waals surface area contributed by atoms with Gasteiger partial charge in [-0.15, -0.1) is 0 Å². The second-order valence-corrected chi connectivity index (χ2v) is 5.10. The van der Waals surface area contributed by atoms with Crippen LogP contribution in [0.2, 0.25) is 5.02 Å². The highest BCUT2D eigenvalue weighted by molar-refractivity contribution is 6.30. The first kappa shape index (κ1) is 16.1. The van der Waals surface area contributed by atoms with Crippen molar-refractivity contribution < 1.29 is 9.53 Å². The van der Waals surface area contributed by atoms with Gasteiger partial charge in [0.05, 0.1) is 6.61 Å². The molecule has 22 heavy (non-hydrogen) atoms. The van der Waals surface area contributed by atoms with Crippen LogP contribution in [0.3, 0.4) is 0 Å². The topological polar surface area (TPSA) is 38.3 Å². The molecule has 2 rings (SSSR count). The number of ether oxygens (including phenoxy) is 1. The Kier molecular flexibility index (Phi) is 6.04. The Bertz CT molecular complexity index is 653. The van der Waals surface area contributed by atoms with Crippen molar-refractivity contribution in [1.29, 1.82) is 0 Å². The van der Waals surface area contributed by atoms with Crippen molar-refractivity contribution >= 4 is 23.3 Å². The third-order valence-electron chi connectivity index (χ3n) is 3.01. The minimum absolute atomic E-state index is 0.344. The summed E-state index contributed by atoms with van der Waals surface area (Å²) in [5, 5.41) is 3.89. The van der Waals surface area contributed by atoms with Crippen LogP contribution in [-0.4, -0.2) is 12.6 Å². The van der Waals surface area contributed by atoms with Gasteiger partial charge in [-0.25, -0.2) is 4.79 Å². The van der Waals surface area contributed by atoms with E-state index < -0.39 is 0 Å². The van der Waals surface area contributed by atoms with Crippen molar-refractivity contribution in [3.63, 3.8) is 0 Å². The Morgan fingerprint density at radius 1 is 1.18 bits per heavy atom. The van der Waals surface area contributed by atoms with Gasteiger partial charge in [-0.1, -0.05) is 54.1 Å². The fourth-order valence-electron chi connectivity index (χ4n) is 1.99. The SMILES string of the molecule is CCOC(=O)/C=C(\NCc1ccccc1)c1cccc(Cl)c1. The van der Waals surface area contributed by atoms with E-state index >= 15 is 0 Å². The summed E-state index contributed by atoms with van der Waals surface area (Å²) < 4.78 is 4.99. The predicted molar refractivity (Wildman–Crippen MR) is 89.3 cm³/mol. The second kappa shape index (κ2) is 8.25. The van der Waals surface area contributed by atoms with Gasteiger partial charge in [-0.05, 0) is 30.2 Å². The van der Waals surface area contributed by atoms with E-state index in [2.05, 4.69) is 5.32 Å². The summed E-state index contributed by atoms with van der Waals surface area (Å²) >= 11 is 6.03. The van der Waals surface area contributed by atoms with Crippen LogP contribution in [0, 0.1) is 0 Å². The number of esters is 1. The summed E-state index contributed by atoms with van der Waals surface area (Å²) in [6.45, 7) is 2.73. The van der Waals surface area contributed by atoms with Crippen LogP contribution >= 0.6 is 11.6 Å². The maximum absolute atomic E-state index is 11.8. The number of halogens is 1. The Hall–Kier alpha value is -2.26. The fourth-order valence-corrected chi connectivity index (χ4v) is 2.18.